The van der Waals surface area contributed by atoms with Crippen LogP contribution in [0.25, 0.3) is 92.3 Å². The molecule has 0 unspecified atom stereocenters. The standard InChI is InChI=1S/C68H77Cl4N4O6/c1-5-9-13-17-21-25-29-79-54-33-42-41-74-53-37-49(72)63-61-47(70)35-44-58-43(66-73-50-38-55(80-30-26-22-18-14-10-6-2)57(40-52(50)75(66)67(44)77)82-32-28-24-20-16-12-8-4)34-46(69)60(64(58)61)62-48(71)36-45(59(53)65(62)63)68(78)76(74)51(42)39-56(54)81-31-27-23-19-15-11-7-3/h33-41H,5-32H2,1-4H3/q+1. The van der Waals surface area contributed by atoms with Crippen molar-refractivity contribution >= 4 is 139 Å². The highest BCUT2D eigenvalue weighted by Gasteiger charge is 2.32. The monoisotopic (exact) mass is 1190 g/mol. The van der Waals surface area contributed by atoms with Crippen molar-refractivity contribution in [2.24, 2.45) is 0 Å². The van der Waals surface area contributed by atoms with Crippen LogP contribution in [0, 0.1) is 0 Å². The molecule has 0 aliphatic heterocycles. The van der Waals surface area contributed by atoms with Crippen molar-refractivity contribution in [3.63, 3.8) is 0 Å². The average molecular weight is 1190 g/mol. The van der Waals surface area contributed by atoms with Gasteiger partial charge in [0.25, 0.3) is 5.56 Å². The highest BCUT2D eigenvalue weighted by atomic mass is 35.5. The lowest BCUT2D eigenvalue weighted by atomic mass is 9.86. The third-order valence-corrected chi connectivity index (χ3v) is 18.2. The van der Waals surface area contributed by atoms with E-state index in [0.717, 1.165) is 56.8 Å². The number of hydrogen-bond acceptors (Lipinski definition) is 7. The van der Waals surface area contributed by atoms with E-state index >= 15 is 9.59 Å². The van der Waals surface area contributed by atoms with Crippen molar-refractivity contribution in [2.75, 3.05) is 26.4 Å². The topological polar surface area (TPSA) is 96.9 Å². The van der Waals surface area contributed by atoms with Crippen LogP contribution in [0.1, 0.15) is 182 Å². The minimum Gasteiger partial charge on any atom is -0.490 e. The fourth-order valence-corrected chi connectivity index (χ4v) is 13.9. The smallest absolute Gasteiger partial charge is 0.315 e. The Bertz CT molecular complexity index is 3910. The minimum absolute atomic E-state index is 0.267. The zero-order chi connectivity index (χ0) is 57.0. The summed E-state index contributed by atoms with van der Waals surface area (Å²) < 4.78 is 31.3. The fraction of sp³-hybridized carbons (Fsp3) is 0.471. The first-order valence-corrected chi connectivity index (χ1v) is 32.4. The summed E-state index contributed by atoms with van der Waals surface area (Å²) in [4.78, 5) is 35.8. The number of aromatic nitrogens is 4. The summed E-state index contributed by atoms with van der Waals surface area (Å²) in [6.45, 7) is 11.1. The Morgan fingerprint density at radius 1 is 0.402 bits per heavy atom. The van der Waals surface area contributed by atoms with E-state index in [4.69, 9.17) is 70.3 Å². The molecule has 4 aromatic heterocycles. The molecule has 0 N–H and O–H groups in total. The number of nitrogens with zero attached hydrogens (tertiary/aromatic N) is 4. The third-order valence-electron chi connectivity index (χ3n) is 17.0. The second kappa shape index (κ2) is 26.2. The van der Waals surface area contributed by atoms with Crippen LogP contribution in [0.15, 0.2) is 64.3 Å². The number of rotatable bonds is 32. The molecule has 10 nitrogen and oxygen atoms in total. The fourth-order valence-electron chi connectivity index (χ4n) is 12.7. The summed E-state index contributed by atoms with van der Waals surface area (Å²) >= 11 is 30.4. The van der Waals surface area contributed by atoms with Gasteiger partial charge in [-0.1, -0.05) is 212 Å². The van der Waals surface area contributed by atoms with E-state index in [2.05, 4.69) is 27.7 Å². The van der Waals surface area contributed by atoms with Crippen molar-refractivity contribution < 1.29 is 23.5 Å². The van der Waals surface area contributed by atoms with Crippen molar-refractivity contribution in [2.45, 2.75) is 182 Å². The Morgan fingerprint density at radius 2 is 0.793 bits per heavy atom. The van der Waals surface area contributed by atoms with E-state index in [1.165, 1.54) is 103 Å². The van der Waals surface area contributed by atoms with E-state index in [9.17, 15) is 0 Å². The zero-order valence-electron chi connectivity index (χ0n) is 48.2. The molecule has 0 spiro atoms. The van der Waals surface area contributed by atoms with Gasteiger partial charge in [0.05, 0.1) is 64.0 Å². The molecule has 14 heteroatoms. The number of benzene rings is 7. The van der Waals surface area contributed by atoms with Gasteiger partial charge in [0.1, 0.15) is 11.2 Å². The van der Waals surface area contributed by atoms with E-state index in [1.807, 2.05) is 47.1 Å². The normalized spacial score (nSPS) is 12.4. The van der Waals surface area contributed by atoms with E-state index in [1.54, 1.807) is 21.0 Å². The molecule has 0 fully saturated rings. The van der Waals surface area contributed by atoms with Gasteiger partial charge in [-0.25, -0.2) is 4.98 Å². The minimum atomic E-state index is -0.288. The Labute approximate surface area is 499 Å². The number of fused-ring (bicyclic) bond motifs is 10. The lowest BCUT2D eigenvalue weighted by molar-refractivity contribution is -0.589. The molecule has 0 aliphatic rings. The van der Waals surface area contributed by atoms with Crippen LogP contribution in [0.4, 0.5) is 0 Å². The zero-order valence-corrected chi connectivity index (χ0v) is 51.3. The van der Waals surface area contributed by atoms with Gasteiger partial charge < -0.3 is 18.9 Å². The third kappa shape index (κ3) is 11.1. The van der Waals surface area contributed by atoms with Gasteiger partial charge in [-0.05, 0) is 49.9 Å². The second-order valence-electron chi connectivity index (χ2n) is 22.9. The van der Waals surface area contributed by atoms with Crippen LogP contribution in [0.5, 0.6) is 23.0 Å². The maximum Gasteiger partial charge on any atom is 0.315 e. The predicted octanol–water partition coefficient (Wildman–Crippen LogP) is 20.0. The Balaban J connectivity index is 1.05. The summed E-state index contributed by atoms with van der Waals surface area (Å²) in [5.41, 5.74) is 2.44. The maximum atomic E-state index is 15.3. The van der Waals surface area contributed by atoms with Crippen LogP contribution in [0.3, 0.4) is 0 Å². The molecule has 11 rings (SSSR count). The first-order valence-electron chi connectivity index (χ1n) is 30.9. The average Bonchev–Trinajstić information content (AvgIpc) is 1.17. The van der Waals surface area contributed by atoms with E-state index in [0.29, 0.717) is 156 Å². The molecule has 0 amide bonds. The maximum absolute atomic E-state index is 15.3. The number of unbranched alkanes of at least 4 members (excludes halogenated alkanes) is 20. The molecule has 0 radical (unpaired) electrons. The molecule has 11 aromatic rings. The molecular formula is C68H77Cl4N4O6+. The Morgan fingerprint density at radius 3 is 1.28 bits per heavy atom. The van der Waals surface area contributed by atoms with Gasteiger partial charge >= 0.3 is 5.56 Å². The highest BCUT2D eigenvalue weighted by molar-refractivity contribution is 6.56. The number of hydrogen-bond donors (Lipinski definition) is 0. The molecule has 0 aliphatic carbocycles. The Kier molecular flexibility index (Phi) is 18.6. The quantitative estimate of drug-likeness (QED) is 0.0179. The molecule has 0 bridgehead atoms. The lowest BCUT2D eigenvalue weighted by Crippen LogP contribution is -2.37. The van der Waals surface area contributed by atoms with Crippen molar-refractivity contribution in [1.82, 2.24) is 13.9 Å². The molecule has 0 saturated heterocycles. The molecule has 0 saturated carbocycles. The van der Waals surface area contributed by atoms with Gasteiger partial charge in [-0.15, -0.1) is 0 Å². The summed E-state index contributed by atoms with van der Waals surface area (Å²) in [6.07, 6.45) is 29.4. The number of ether oxygens (including phenoxy) is 4. The van der Waals surface area contributed by atoms with Gasteiger partial charge in [-0.3, -0.25) is 14.0 Å². The summed E-state index contributed by atoms with van der Waals surface area (Å²) in [5.74, 6) is 2.46. The molecule has 4 heterocycles. The van der Waals surface area contributed by atoms with Crippen LogP contribution in [-0.4, -0.2) is 40.3 Å². The first kappa shape index (κ1) is 58.3. The molecule has 82 heavy (non-hydrogen) atoms. The first-order chi connectivity index (χ1) is 40.1. The number of imidazole rings is 1. The van der Waals surface area contributed by atoms with Gasteiger partial charge in [0.15, 0.2) is 23.0 Å². The highest BCUT2D eigenvalue weighted by Crippen LogP contribution is 2.53. The summed E-state index contributed by atoms with van der Waals surface area (Å²) in [6, 6.07) is 15.0. The van der Waals surface area contributed by atoms with Crippen molar-refractivity contribution in [3.8, 4) is 23.0 Å². The van der Waals surface area contributed by atoms with Gasteiger partial charge in [0, 0.05) is 82.4 Å². The Hall–Kier alpha value is -5.52. The SMILES string of the molecule is CCCCCCCCOc1cc2c[n+]3c4cc(Cl)c5c6c(Cl)cc7c(=O)n8c9cc(OCCCCCCCC)c(OCCCCCCCC)cc9nc8c8cc(Cl)c(c9c(Cl)cc(c(=O)n3c2cc1OCCCCCCCC)c4c95)c6c78. The predicted molar refractivity (Wildman–Crippen MR) is 343 cm³/mol. The van der Waals surface area contributed by atoms with Crippen molar-refractivity contribution in [3.05, 3.63) is 95.5 Å². The largest absolute Gasteiger partial charge is 0.490 e. The lowest BCUT2D eigenvalue weighted by Gasteiger charge is -2.20. The van der Waals surface area contributed by atoms with Gasteiger partial charge in [0.2, 0.25) is 11.7 Å². The molecule has 432 valence electrons. The van der Waals surface area contributed by atoms with Crippen LogP contribution in [-0.2, 0) is 0 Å². The molecule has 0 atom stereocenters. The van der Waals surface area contributed by atoms with Crippen LogP contribution >= 0.6 is 46.4 Å². The summed E-state index contributed by atoms with van der Waals surface area (Å²) in [5, 5.41) is 8.69. The summed E-state index contributed by atoms with van der Waals surface area (Å²) in [7, 11) is 0. The number of halogens is 4. The van der Waals surface area contributed by atoms with Crippen LogP contribution in [0.2, 0.25) is 20.1 Å². The number of pyridine rings is 1. The van der Waals surface area contributed by atoms with E-state index < -0.39 is 0 Å². The van der Waals surface area contributed by atoms with Gasteiger partial charge in [-0.2, -0.15) is 0 Å². The molecule has 7 aromatic carbocycles. The second-order valence-corrected chi connectivity index (χ2v) is 24.5. The van der Waals surface area contributed by atoms with E-state index in [-0.39, 0.29) is 11.1 Å². The van der Waals surface area contributed by atoms with Crippen molar-refractivity contribution in [1.29, 1.82) is 0 Å². The van der Waals surface area contributed by atoms with Crippen LogP contribution < -0.4 is 34.6 Å². The molecular weight excluding hydrogens is 1110 g/mol.